The number of hydrogen-bond donors (Lipinski definition) is 0. The van der Waals surface area contributed by atoms with Gasteiger partial charge in [0.25, 0.3) is 0 Å². The number of nitrogens with zero attached hydrogens (tertiary/aromatic N) is 1. The Kier molecular flexibility index (Phi) is 6.43. The summed E-state index contributed by atoms with van der Waals surface area (Å²) in [6.07, 6.45) is 0. The lowest BCUT2D eigenvalue weighted by Gasteiger charge is -2.25. The van der Waals surface area contributed by atoms with Crippen molar-refractivity contribution in [1.82, 2.24) is 0 Å². The second-order valence-electron chi connectivity index (χ2n) is 5.77. The van der Waals surface area contributed by atoms with E-state index in [2.05, 4.69) is 35.2 Å². The second kappa shape index (κ2) is 8.98. The molecule has 0 aliphatic heterocycles. The molecule has 0 aliphatic carbocycles. The molecule has 25 heavy (non-hydrogen) atoms. The zero-order chi connectivity index (χ0) is 17.5. The molecule has 0 saturated heterocycles. The highest BCUT2D eigenvalue weighted by atomic mass is 35.5. The van der Waals surface area contributed by atoms with Crippen LogP contribution in [0.1, 0.15) is 5.56 Å². The first kappa shape index (κ1) is 17.9. The highest BCUT2D eigenvalue weighted by molar-refractivity contribution is 6.18. The average Bonchev–Trinajstić information content (AvgIpc) is 2.67. The van der Waals surface area contributed by atoms with Gasteiger partial charge in [0.1, 0.15) is 12.4 Å². The Hall–Kier alpha value is -1.90. The van der Waals surface area contributed by atoms with Crippen molar-refractivity contribution >= 4 is 39.7 Å². The van der Waals surface area contributed by atoms with Gasteiger partial charge in [0, 0.05) is 41.3 Å². The fourth-order valence-corrected chi connectivity index (χ4v) is 3.36. The predicted octanol–water partition coefficient (Wildman–Crippen LogP) is 5.70. The van der Waals surface area contributed by atoms with Crippen molar-refractivity contribution in [3.63, 3.8) is 0 Å². The number of fused-ring (bicyclic) bond motifs is 1. The van der Waals surface area contributed by atoms with Crippen LogP contribution in [0.15, 0.2) is 66.7 Å². The lowest BCUT2D eigenvalue weighted by Crippen LogP contribution is -2.27. The summed E-state index contributed by atoms with van der Waals surface area (Å²) in [5.74, 6) is 2.02. The van der Waals surface area contributed by atoms with E-state index < -0.39 is 0 Å². The molecule has 0 saturated carbocycles. The van der Waals surface area contributed by atoms with Gasteiger partial charge in [-0.1, -0.05) is 54.6 Å². The number of halogens is 2. The largest absolute Gasteiger partial charge is 0.488 e. The highest BCUT2D eigenvalue weighted by Crippen LogP contribution is 2.34. The molecule has 130 valence electrons. The van der Waals surface area contributed by atoms with Crippen LogP contribution >= 0.6 is 23.2 Å². The summed E-state index contributed by atoms with van der Waals surface area (Å²) < 4.78 is 6.09. The molecule has 0 fully saturated rings. The normalized spacial score (nSPS) is 10.8. The van der Waals surface area contributed by atoms with Crippen LogP contribution in [-0.2, 0) is 6.61 Å². The Labute approximate surface area is 158 Å². The van der Waals surface area contributed by atoms with Crippen LogP contribution in [0.3, 0.4) is 0 Å². The summed E-state index contributed by atoms with van der Waals surface area (Å²) in [5.41, 5.74) is 2.30. The molecule has 0 aliphatic rings. The Balaban J connectivity index is 1.92. The molecule has 3 aromatic carbocycles. The van der Waals surface area contributed by atoms with Crippen LogP contribution in [0.2, 0.25) is 0 Å². The third kappa shape index (κ3) is 4.39. The second-order valence-corrected chi connectivity index (χ2v) is 6.52. The maximum atomic E-state index is 6.09. The zero-order valence-corrected chi connectivity index (χ0v) is 15.5. The zero-order valence-electron chi connectivity index (χ0n) is 14.0. The van der Waals surface area contributed by atoms with Gasteiger partial charge in [-0.05, 0) is 17.7 Å². The summed E-state index contributed by atoms with van der Waals surface area (Å²) in [6, 6.07) is 22.6. The highest BCUT2D eigenvalue weighted by Gasteiger charge is 2.12. The molecule has 3 aromatic rings. The van der Waals surface area contributed by atoms with Crippen LogP contribution in [0.25, 0.3) is 10.8 Å². The van der Waals surface area contributed by atoms with E-state index in [0.29, 0.717) is 18.4 Å². The van der Waals surface area contributed by atoms with E-state index >= 15 is 0 Å². The number of alkyl halides is 2. The van der Waals surface area contributed by atoms with E-state index in [-0.39, 0.29) is 0 Å². The standard InChI is InChI=1S/C21H21Cl2NO/c22-12-14-24(15-13-23)20-10-11-21(19-9-5-4-8-18(19)20)25-16-17-6-2-1-3-7-17/h1-11H,12-16H2. The molecule has 0 N–H and O–H groups in total. The molecular weight excluding hydrogens is 353 g/mol. The molecular formula is C21H21Cl2NO. The maximum Gasteiger partial charge on any atom is 0.127 e. The summed E-state index contributed by atoms with van der Waals surface area (Å²) in [7, 11) is 0. The fourth-order valence-electron chi connectivity index (χ4n) is 2.95. The maximum absolute atomic E-state index is 6.09. The predicted molar refractivity (Wildman–Crippen MR) is 108 cm³/mol. The smallest absolute Gasteiger partial charge is 0.127 e. The molecule has 0 aromatic heterocycles. The molecule has 0 spiro atoms. The molecule has 0 amide bonds. The summed E-state index contributed by atoms with van der Waals surface area (Å²) in [4.78, 5) is 2.23. The van der Waals surface area contributed by atoms with Crippen LogP contribution in [0.4, 0.5) is 5.69 Å². The van der Waals surface area contributed by atoms with Gasteiger partial charge in [0.05, 0.1) is 0 Å². The van der Waals surface area contributed by atoms with E-state index in [0.717, 1.165) is 40.9 Å². The minimum Gasteiger partial charge on any atom is -0.488 e. The quantitative estimate of drug-likeness (QED) is 0.469. The lowest BCUT2D eigenvalue weighted by atomic mass is 10.1. The van der Waals surface area contributed by atoms with Crippen LogP contribution < -0.4 is 9.64 Å². The number of ether oxygens (including phenoxy) is 1. The summed E-state index contributed by atoms with van der Waals surface area (Å²) in [6.45, 7) is 2.09. The molecule has 2 nitrogen and oxygen atoms in total. The van der Waals surface area contributed by atoms with Gasteiger partial charge in [-0.25, -0.2) is 0 Å². The first-order valence-corrected chi connectivity index (χ1v) is 9.45. The third-order valence-electron chi connectivity index (χ3n) is 4.15. The van der Waals surface area contributed by atoms with Gasteiger partial charge >= 0.3 is 0 Å². The van der Waals surface area contributed by atoms with Gasteiger partial charge < -0.3 is 9.64 Å². The topological polar surface area (TPSA) is 12.5 Å². The van der Waals surface area contributed by atoms with Gasteiger partial charge in [-0.3, -0.25) is 0 Å². The number of rotatable bonds is 8. The Morgan fingerprint density at radius 3 is 2.04 bits per heavy atom. The van der Waals surface area contributed by atoms with Crippen LogP contribution in [-0.4, -0.2) is 24.8 Å². The van der Waals surface area contributed by atoms with Crippen molar-refractivity contribution in [2.75, 3.05) is 29.7 Å². The van der Waals surface area contributed by atoms with E-state index in [4.69, 9.17) is 27.9 Å². The van der Waals surface area contributed by atoms with Crippen molar-refractivity contribution in [2.24, 2.45) is 0 Å². The molecule has 0 unspecified atom stereocenters. The van der Waals surface area contributed by atoms with E-state index in [9.17, 15) is 0 Å². The van der Waals surface area contributed by atoms with Crippen molar-refractivity contribution < 1.29 is 4.74 Å². The molecule has 0 atom stereocenters. The minimum atomic E-state index is 0.553. The van der Waals surface area contributed by atoms with Crippen molar-refractivity contribution in [3.05, 3.63) is 72.3 Å². The van der Waals surface area contributed by atoms with Gasteiger partial charge in [-0.15, -0.1) is 23.2 Å². The first-order valence-electron chi connectivity index (χ1n) is 8.39. The number of hydrogen-bond acceptors (Lipinski definition) is 2. The Morgan fingerprint density at radius 1 is 0.720 bits per heavy atom. The average molecular weight is 374 g/mol. The number of anilines is 1. The van der Waals surface area contributed by atoms with Crippen molar-refractivity contribution in [1.29, 1.82) is 0 Å². The van der Waals surface area contributed by atoms with Crippen molar-refractivity contribution in [2.45, 2.75) is 6.61 Å². The summed E-state index contributed by atoms with van der Waals surface area (Å²) in [5, 5.41) is 2.26. The monoisotopic (exact) mass is 373 g/mol. The molecule has 0 bridgehead atoms. The number of benzene rings is 3. The van der Waals surface area contributed by atoms with E-state index in [1.165, 1.54) is 0 Å². The fraction of sp³-hybridized carbons (Fsp3) is 0.238. The SMILES string of the molecule is ClCCN(CCCl)c1ccc(OCc2ccccc2)c2ccccc12. The lowest BCUT2D eigenvalue weighted by molar-refractivity contribution is 0.310. The van der Waals surface area contributed by atoms with Gasteiger partial charge in [-0.2, -0.15) is 0 Å². The van der Waals surface area contributed by atoms with E-state index in [1.54, 1.807) is 0 Å². The van der Waals surface area contributed by atoms with Crippen LogP contribution in [0, 0.1) is 0 Å². The molecule has 0 radical (unpaired) electrons. The third-order valence-corrected chi connectivity index (χ3v) is 4.49. The molecule has 0 heterocycles. The van der Waals surface area contributed by atoms with Crippen LogP contribution in [0.5, 0.6) is 5.75 Å². The molecule has 4 heteroatoms. The van der Waals surface area contributed by atoms with Gasteiger partial charge in [0.2, 0.25) is 0 Å². The Morgan fingerprint density at radius 2 is 1.36 bits per heavy atom. The summed E-state index contributed by atoms with van der Waals surface area (Å²) >= 11 is 11.9. The van der Waals surface area contributed by atoms with E-state index in [1.807, 2.05) is 36.4 Å². The Bertz CT molecular complexity index is 801. The van der Waals surface area contributed by atoms with Gasteiger partial charge in [0.15, 0.2) is 0 Å². The molecule has 3 rings (SSSR count). The van der Waals surface area contributed by atoms with Crippen molar-refractivity contribution in [3.8, 4) is 5.75 Å². The minimum absolute atomic E-state index is 0.553. The first-order chi connectivity index (χ1) is 12.3.